The summed E-state index contributed by atoms with van der Waals surface area (Å²) in [7, 11) is 3.07. The first-order chi connectivity index (χ1) is 12.4. The van der Waals surface area contributed by atoms with E-state index in [1.54, 1.807) is 49.3 Å². The zero-order chi connectivity index (χ0) is 19.3. The highest BCUT2D eigenvalue weighted by molar-refractivity contribution is 5.86. The van der Waals surface area contributed by atoms with Crippen LogP contribution in [0.4, 0.5) is 10.1 Å². The van der Waals surface area contributed by atoms with Crippen LogP contribution in [0.2, 0.25) is 0 Å². The SMILES string of the molecule is C=C(C)N(C(=C)c1cccc(OC)n1)c1c(OC)cccc1OC(C)F. The molecule has 1 unspecified atom stereocenters. The van der Waals surface area contributed by atoms with E-state index in [0.29, 0.717) is 40.2 Å². The van der Waals surface area contributed by atoms with Gasteiger partial charge in [0.2, 0.25) is 12.2 Å². The second-order valence-corrected chi connectivity index (χ2v) is 5.55. The fourth-order valence-corrected chi connectivity index (χ4v) is 2.52. The molecule has 5 nitrogen and oxygen atoms in total. The highest BCUT2D eigenvalue weighted by Gasteiger charge is 2.23. The molecule has 0 aliphatic rings. The molecule has 0 aliphatic carbocycles. The number of allylic oxidation sites excluding steroid dienone is 1. The van der Waals surface area contributed by atoms with Crippen LogP contribution in [0.25, 0.3) is 5.70 Å². The van der Waals surface area contributed by atoms with Gasteiger partial charge in [-0.25, -0.2) is 9.37 Å². The number of hydrogen-bond acceptors (Lipinski definition) is 5. The van der Waals surface area contributed by atoms with Crippen molar-refractivity contribution in [2.75, 3.05) is 19.1 Å². The number of hydrogen-bond donors (Lipinski definition) is 0. The van der Waals surface area contributed by atoms with Gasteiger partial charge in [0.05, 0.1) is 25.6 Å². The van der Waals surface area contributed by atoms with Gasteiger partial charge in [0.15, 0.2) is 5.75 Å². The number of alkyl halides is 1. The molecule has 2 aromatic rings. The van der Waals surface area contributed by atoms with Crippen molar-refractivity contribution in [3.05, 3.63) is 60.9 Å². The van der Waals surface area contributed by atoms with Gasteiger partial charge in [0, 0.05) is 18.7 Å². The number of halogens is 1. The van der Waals surface area contributed by atoms with Crippen molar-refractivity contribution < 1.29 is 18.6 Å². The van der Waals surface area contributed by atoms with Gasteiger partial charge >= 0.3 is 0 Å². The molecule has 1 aromatic carbocycles. The number of benzene rings is 1. The van der Waals surface area contributed by atoms with Gasteiger partial charge in [0.1, 0.15) is 11.4 Å². The van der Waals surface area contributed by atoms with Crippen LogP contribution in [-0.2, 0) is 0 Å². The maximum atomic E-state index is 13.5. The molecule has 1 atom stereocenters. The van der Waals surface area contributed by atoms with Crippen LogP contribution >= 0.6 is 0 Å². The number of anilines is 1. The first kappa shape index (κ1) is 19.3. The first-order valence-corrected chi connectivity index (χ1v) is 8.02. The molecule has 0 radical (unpaired) electrons. The number of aromatic nitrogens is 1. The molecule has 0 N–H and O–H groups in total. The van der Waals surface area contributed by atoms with E-state index in [0.717, 1.165) is 0 Å². The molecule has 0 spiro atoms. The first-order valence-electron chi connectivity index (χ1n) is 8.02. The van der Waals surface area contributed by atoms with E-state index in [9.17, 15) is 4.39 Å². The normalized spacial score (nSPS) is 11.4. The lowest BCUT2D eigenvalue weighted by molar-refractivity contribution is 0.0864. The van der Waals surface area contributed by atoms with Crippen molar-refractivity contribution in [3.63, 3.8) is 0 Å². The molecule has 0 amide bonds. The average molecular weight is 358 g/mol. The highest BCUT2D eigenvalue weighted by atomic mass is 19.1. The Labute approximate surface area is 153 Å². The molecule has 138 valence electrons. The highest BCUT2D eigenvalue weighted by Crippen LogP contribution is 2.43. The Morgan fingerprint density at radius 1 is 1.08 bits per heavy atom. The van der Waals surface area contributed by atoms with Crippen molar-refractivity contribution >= 4 is 11.4 Å². The minimum atomic E-state index is -1.49. The zero-order valence-electron chi connectivity index (χ0n) is 15.5. The lowest BCUT2D eigenvalue weighted by Gasteiger charge is -2.30. The summed E-state index contributed by atoms with van der Waals surface area (Å²) in [5.41, 5.74) is 2.25. The van der Waals surface area contributed by atoms with Gasteiger partial charge in [-0.05, 0) is 25.1 Å². The quantitative estimate of drug-likeness (QED) is 0.678. The average Bonchev–Trinajstić information content (AvgIpc) is 2.62. The van der Waals surface area contributed by atoms with Gasteiger partial charge in [-0.3, -0.25) is 0 Å². The molecule has 0 saturated carbocycles. The molecule has 2 rings (SSSR count). The molecule has 0 bridgehead atoms. The molecule has 0 fully saturated rings. The summed E-state index contributed by atoms with van der Waals surface area (Å²) in [4.78, 5) is 6.13. The Kier molecular flexibility index (Phi) is 6.22. The third-order valence-electron chi connectivity index (χ3n) is 3.57. The standard InChI is InChI=1S/C20H23FN2O3/c1-13(2)23(14(3)16-9-7-12-19(22-16)25-6)20-17(24-5)10-8-11-18(20)26-15(4)21/h7-12,15H,1,3H2,2,4-6H3. The molecule has 1 aromatic heterocycles. The van der Waals surface area contributed by atoms with Crippen LogP contribution < -0.4 is 19.1 Å². The van der Waals surface area contributed by atoms with E-state index in [1.807, 2.05) is 6.07 Å². The van der Waals surface area contributed by atoms with E-state index in [1.165, 1.54) is 14.0 Å². The van der Waals surface area contributed by atoms with Gasteiger partial charge in [-0.15, -0.1) is 0 Å². The summed E-state index contributed by atoms with van der Waals surface area (Å²) in [6.07, 6.45) is -1.49. The second-order valence-electron chi connectivity index (χ2n) is 5.55. The van der Waals surface area contributed by atoms with Crippen molar-refractivity contribution in [1.29, 1.82) is 0 Å². The number of ether oxygens (including phenoxy) is 3. The summed E-state index contributed by atoms with van der Waals surface area (Å²) in [5, 5.41) is 0. The number of para-hydroxylation sites is 1. The fourth-order valence-electron chi connectivity index (χ4n) is 2.52. The Morgan fingerprint density at radius 2 is 1.73 bits per heavy atom. The van der Waals surface area contributed by atoms with Crippen LogP contribution in [0, 0.1) is 0 Å². The van der Waals surface area contributed by atoms with E-state index in [2.05, 4.69) is 18.1 Å². The molecule has 0 aliphatic heterocycles. The van der Waals surface area contributed by atoms with Crippen LogP contribution in [0.3, 0.4) is 0 Å². The smallest absolute Gasteiger partial charge is 0.235 e. The third-order valence-corrected chi connectivity index (χ3v) is 3.57. The predicted molar refractivity (Wildman–Crippen MR) is 101 cm³/mol. The molecule has 0 saturated heterocycles. The van der Waals surface area contributed by atoms with E-state index < -0.39 is 6.36 Å². The van der Waals surface area contributed by atoms with Crippen LogP contribution in [0.1, 0.15) is 19.5 Å². The van der Waals surface area contributed by atoms with Crippen molar-refractivity contribution in [1.82, 2.24) is 4.98 Å². The molecule has 6 heteroatoms. The zero-order valence-corrected chi connectivity index (χ0v) is 15.5. The summed E-state index contributed by atoms with van der Waals surface area (Å²) >= 11 is 0. The summed E-state index contributed by atoms with van der Waals surface area (Å²) in [5.74, 6) is 1.26. The molecule has 26 heavy (non-hydrogen) atoms. The van der Waals surface area contributed by atoms with Crippen molar-refractivity contribution in [2.24, 2.45) is 0 Å². The number of nitrogens with zero attached hydrogens (tertiary/aromatic N) is 2. The van der Waals surface area contributed by atoms with Gasteiger partial charge < -0.3 is 19.1 Å². The fraction of sp³-hybridized carbons (Fsp3) is 0.250. The van der Waals surface area contributed by atoms with E-state index in [4.69, 9.17) is 14.2 Å². The summed E-state index contributed by atoms with van der Waals surface area (Å²) in [6, 6.07) is 10.5. The monoisotopic (exact) mass is 358 g/mol. The maximum Gasteiger partial charge on any atom is 0.235 e. The van der Waals surface area contributed by atoms with Gasteiger partial charge in [-0.2, -0.15) is 0 Å². The minimum Gasteiger partial charge on any atom is -0.494 e. The second kappa shape index (κ2) is 8.38. The van der Waals surface area contributed by atoms with Crippen LogP contribution in [0.5, 0.6) is 17.4 Å². The number of methoxy groups -OCH3 is 2. The molecular weight excluding hydrogens is 335 g/mol. The Bertz CT molecular complexity index is 805. The van der Waals surface area contributed by atoms with Gasteiger partial charge in [-0.1, -0.05) is 25.3 Å². The Balaban J connectivity index is 2.59. The Morgan fingerprint density at radius 3 is 2.31 bits per heavy atom. The van der Waals surface area contributed by atoms with Crippen molar-refractivity contribution in [2.45, 2.75) is 20.2 Å². The molecular formula is C20H23FN2O3. The largest absolute Gasteiger partial charge is 0.494 e. The summed E-state index contributed by atoms with van der Waals surface area (Å²) < 4.78 is 29.5. The predicted octanol–water partition coefficient (Wildman–Crippen LogP) is 4.80. The van der Waals surface area contributed by atoms with E-state index in [-0.39, 0.29) is 0 Å². The van der Waals surface area contributed by atoms with Crippen LogP contribution in [0.15, 0.2) is 55.3 Å². The van der Waals surface area contributed by atoms with Gasteiger partial charge in [0.25, 0.3) is 0 Å². The number of pyridine rings is 1. The van der Waals surface area contributed by atoms with Crippen LogP contribution in [-0.4, -0.2) is 25.6 Å². The lowest BCUT2D eigenvalue weighted by atomic mass is 10.1. The lowest BCUT2D eigenvalue weighted by Crippen LogP contribution is -2.21. The maximum absolute atomic E-state index is 13.5. The Hall–Kier alpha value is -3.02. The molecule has 1 heterocycles. The number of rotatable bonds is 8. The minimum absolute atomic E-state index is 0.311. The third kappa shape index (κ3) is 4.14. The van der Waals surface area contributed by atoms with Crippen molar-refractivity contribution in [3.8, 4) is 17.4 Å². The van der Waals surface area contributed by atoms with E-state index >= 15 is 0 Å². The topological polar surface area (TPSA) is 43.8 Å². The summed E-state index contributed by atoms with van der Waals surface area (Å²) in [6.45, 7) is 11.3.